The zero-order valence-corrected chi connectivity index (χ0v) is 13.7. The monoisotopic (exact) mass is 317 g/mol. The first-order valence-electron chi connectivity index (χ1n) is 7.50. The molecule has 0 saturated carbocycles. The van der Waals surface area contributed by atoms with Gasteiger partial charge in [-0.1, -0.05) is 17.7 Å². The van der Waals surface area contributed by atoms with Crippen LogP contribution in [-0.4, -0.2) is 42.0 Å². The number of piperazine rings is 1. The Morgan fingerprint density at radius 1 is 1.14 bits per heavy atom. The lowest BCUT2D eigenvalue weighted by atomic mass is 10.2. The first-order valence-corrected chi connectivity index (χ1v) is 7.88. The van der Waals surface area contributed by atoms with Gasteiger partial charge < -0.3 is 14.8 Å². The summed E-state index contributed by atoms with van der Waals surface area (Å²) in [6.07, 6.45) is 0. The second-order valence-corrected chi connectivity index (χ2v) is 6.19. The first-order chi connectivity index (χ1) is 10.5. The lowest BCUT2D eigenvalue weighted by Crippen LogP contribution is -2.48. The van der Waals surface area contributed by atoms with E-state index in [1.54, 1.807) is 0 Å². The number of benzene rings is 1. The zero-order chi connectivity index (χ0) is 15.7. The molecule has 1 aromatic heterocycles. The van der Waals surface area contributed by atoms with Gasteiger partial charge in [0.2, 0.25) is 0 Å². The molecule has 1 N–H and O–H groups in total. The fourth-order valence-corrected chi connectivity index (χ4v) is 3.14. The summed E-state index contributed by atoms with van der Waals surface area (Å²) < 4.78 is 0. The molecule has 1 aliphatic heterocycles. The maximum atomic E-state index is 12.6. The third kappa shape index (κ3) is 2.97. The average molecular weight is 318 g/mol. The number of H-pyrrole nitrogens is 1. The Morgan fingerprint density at radius 3 is 2.45 bits per heavy atom. The lowest BCUT2D eigenvalue weighted by Gasteiger charge is -2.36. The Morgan fingerprint density at radius 2 is 1.86 bits per heavy atom. The quantitative estimate of drug-likeness (QED) is 0.923. The van der Waals surface area contributed by atoms with Crippen molar-refractivity contribution in [1.29, 1.82) is 0 Å². The average Bonchev–Trinajstić information content (AvgIpc) is 2.85. The van der Waals surface area contributed by atoms with Gasteiger partial charge in [0, 0.05) is 48.3 Å². The van der Waals surface area contributed by atoms with E-state index in [4.69, 9.17) is 11.6 Å². The number of carbonyl (C=O) groups excluding carboxylic acids is 1. The van der Waals surface area contributed by atoms with E-state index in [0.29, 0.717) is 0 Å². The topological polar surface area (TPSA) is 39.3 Å². The van der Waals surface area contributed by atoms with Crippen LogP contribution in [0.25, 0.3) is 0 Å². The van der Waals surface area contributed by atoms with Crippen molar-refractivity contribution in [3.63, 3.8) is 0 Å². The van der Waals surface area contributed by atoms with E-state index in [9.17, 15) is 4.79 Å². The summed E-state index contributed by atoms with van der Waals surface area (Å²) in [6, 6.07) is 9.80. The SMILES string of the molecule is Cc1cc(C(=O)N2CCN(c3cccc(Cl)c3)CC2)c(C)[nH]1. The van der Waals surface area contributed by atoms with Crippen LogP contribution in [0.3, 0.4) is 0 Å². The third-order valence-electron chi connectivity index (χ3n) is 4.12. The van der Waals surface area contributed by atoms with E-state index in [1.807, 2.05) is 43.0 Å². The van der Waals surface area contributed by atoms with Gasteiger partial charge in [-0.2, -0.15) is 0 Å². The van der Waals surface area contributed by atoms with Gasteiger partial charge in [-0.05, 0) is 38.1 Å². The van der Waals surface area contributed by atoms with Gasteiger partial charge in [0.1, 0.15) is 0 Å². The van der Waals surface area contributed by atoms with E-state index >= 15 is 0 Å². The first kappa shape index (κ1) is 15.0. The van der Waals surface area contributed by atoms with Gasteiger partial charge in [-0.25, -0.2) is 0 Å². The van der Waals surface area contributed by atoms with Gasteiger partial charge in [0.25, 0.3) is 5.91 Å². The summed E-state index contributed by atoms with van der Waals surface area (Å²) in [7, 11) is 0. The zero-order valence-electron chi connectivity index (χ0n) is 12.9. The smallest absolute Gasteiger partial charge is 0.255 e. The summed E-state index contributed by atoms with van der Waals surface area (Å²) >= 11 is 6.05. The Kier molecular flexibility index (Phi) is 4.12. The molecule has 0 aliphatic carbocycles. The molecule has 1 aromatic carbocycles. The number of halogens is 1. The van der Waals surface area contributed by atoms with Crippen molar-refractivity contribution >= 4 is 23.2 Å². The summed E-state index contributed by atoms with van der Waals surface area (Å²) in [4.78, 5) is 20.0. The van der Waals surface area contributed by atoms with Crippen LogP contribution >= 0.6 is 11.6 Å². The van der Waals surface area contributed by atoms with E-state index in [2.05, 4.69) is 16.0 Å². The molecule has 22 heavy (non-hydrogen) atoms. The predicted molar refractivity (Wildman–Crippen MR) is 89.8 cm³/mol. The van der Waals surface area contributed by atoms with Crippen LogP contribution in [0.2, 0.25) is 5.02 Å². The largest absolute Gasteiger partial charge is 0.368 e. The van der Waals surface area contributed by atoms with Crippen LogP contribution in [0.15, 0.2) is 30.3 Å². The minimum atomic E-state index is 0.118. The highest BCUT2D eigenvalue weighted by Gasteiger charge is 2.24. The van der Waals surface area contributed by atoms with Gasteiger partial charge in [0.05, 0.1) is 5.56 Å². The van der Waals surface area contributed by atoms with Crippen LogP contribution < -0.4 is 4.90 Å². The molecule has 1 aliphatic rings. The van der Waals surface area contributed by atoms with Crippen molar-refractivity contribution < 1.29 is 4.79 Å². The number of amides is 1. The Bertz CT molecular complexity index is 687. The highest BCUT2D eigenvalue weighted by molar-refractivity contribution is 6.30. The number of hydrogen-bond acceptors (Lipinski definition) is 2. The summed E-state index contributed by atoms with van der Waals surface area (Å²) in [5, 5.41) is 0.745. The lowest BCUT2D eigenvalue weighted by molar-refractivity contribution is 0.0746. The molecule has 4 nitrogen and oxygen atoms in total. The molecule has 0 radical (unpaired) electrons. The molecule has 1 fully saturated rings. The van der Waals surface area contributed by atoms with Gasteiger partial charge in [0.15, 0.2) is 0 Å². The summed E-state index contributed by atoms with van der Waals surface area (Å²) in [5.74, 6) is 0.118. The standard InChI is InChI=1S/C17H20ClN3O/c1-12-10-16(13(2)19-12)17(22)21-8-6-20(7-9-21)15-5-3-4-14(18)11-15/h3-5,10-11,19H,6-9H2,1-2H3. The Hall–Kier alpha value is -1.94. The highest BCUT2D eigenvalue weighted by atomic mass is 35.5. The van der Waals surface area contributed by atoms with Crippen molar-refractivity contribution in [3.8, 4) is 0 Å². The fraction of sp³-hybridized carbons (Fsp3) is 0.353. The van der Waals surface area contributed by atoms with Crippen LogP contribution in [0, 0.1) is 13.8 Å². The third-order valence-corrected chi connectivity index (χ3v) is 4.36. The Balaban J connectivity index is 1.67. The molecule has 1 amide bonds. The normalized spacial score (nSPS) is 15.2. The van der Waals surface area contributed by atoms with Crippen molar-refractivity contribution in [2.45, 2.75) is 13.8 Å². The van der Waals surface area contributed by atoms with Crippen LogP contribution in [-0.2, 0) is 0 Å². The molecule has 3 rings (SSSR count). The number of hydrogen-bond donors (Lipinski definition) is 1. The molecule has 0 atom stereocenters. The number of nitrogens with one attached hydrogen (secondary N) is 1. The van der Waals surface area contributed by atoms with E-state index < -0.39 is 0 Å². The highest BCUT2D eigenvalue weighted by Crippen LogP contribution is 2.21. The second kappa shape index (κ2) is 6.05. The van der Waals surface area contributed by atoms with Gasteiger partial charge in [-0.3, -0.25) is 4.79 Å². The maximum Gasteiger partial charge on any atom is 0.255 e. The van der Waals surface area contributed by atoms with Crippen molar-refractivity contribution in [2.24, 2.45) is 0 Å². The number of aromatic nitrogens is 1. The fourth-order valence-electron chi connectivity index (χ4n) is 2.96. The number of aromatic amines is 1. The minimum absolute atomic E-state index is 0.118. The second-order valence-electron chi connectivity index (χ2n) is 5.75. The molecule has 2 heterocycles. The minimum Gasteiger partial charge on any atom is -0.368 e. The van der Waals surface area contributed by atoms with Gasteiger partial charge >= 0.3 is 0 Å². The molecule has 5 heteroatoms. The number of anilines is 1. The molecular formula is C17H20ClN3O. The molecule has 0 bridgehead atoms. The molecule has 0 unspecified atom stereocenters. The molecule has 0 spiro atoms. The summed E-state index contributed by atoms with van der Waals surface area (Å²) in [6.45, 7) is 7.04. The number of aryl methyl sites for hydroxylation is 2. The van der Waals surface area contributed by atoms with Crippen LogP contribution in [0.4, 0.5) is 5.69 Å². The van der Waals surface area contributed by atoms with Gasteiger partial charge in [-0.15, -0.1) is 0 Å². The maximum absolute atomic E-state index is 12.6. The molecular weight excluding hydrogens is 298 g/mol. The molecule has 1 saturated heterocycles. The van der Waals surface area contributed by atoms with Crippen molar-refractivity contribution in [2.75, 3.05) is 31.1 Å². The summed E-state index contributed by atoms with van der Waals surface area (Å²) in [5.41, 5.74) is 3.88. The van der Waals surface area contributed by atoms with E-state index in [-0.39, 0.29) is 5.91 Å². The van der Waals surface area contributed by atoms with Crippen LogP contribution in [0.5, 0.6) is 0 Å². The number of rotatable bonds is 2. The van der Waals surface area contributed by atoms with Crippen LogP contribution in [0.1, 0.15) is 21.7 Å². The molecule has 116 valence electrons. The van der Waals surface area contributed by atoms with E-state index in [1.165, 1.54) is 0 Å². The Labute approximate surface area is 135 Å². The molecule has 2 aromatic rings. The van der Waals surface area contributed by atoms with Crippen molar-refractivity contribution in [3.05, 3.63) is 52.3 Å². The number of nitrogens with zero attached hydrogens (tertiary/aromatic N) is 2. The van der Waals surface area contributed by atoms with Crippen molar-refractivity contribution in [1.82, 2.24) is 9.88 Å². The van der Waals surface area contributed by atoms with E-state index in [0.717, 1.165) is 53.8 Å². The number of carbonyl (C=O) groups is 1. The predicted octanol–water partition coefficient (Wildman–Crippen LogP) is 3.25.